The molecule has 186 valence electrons. The van der Waals surface area contributed by atoms with Crippen molar-refractivity contribution in [2.24, 2.45) is 0 Å². The van der Waals surface area contributed by atoms with Gasteiger partial charge in [0.2, 0.25) is 0 Å². The number of anilines is 1. The zero-order valence-corrected chi connectivity index (χ0v) is 20.7. The van der Waals surface area contributed by atoms with Crippen LogP contribution in [0, 0.1) is 0 Å². The van der Waals surface area contributed by atoms with Crippen molar-refractivity contribution in [1.29, 1.82) is 0 Å². The third-order valence-electron chi connectivity index (χ3n) is 7.47. The zero-order chi connectivity index (χ0) is 24.6. The SMILES string of the molecule is C[C@](O)(C(=O)N1CCC(N2CCN(c3ccc4c(c3)C=CNS4(=O)=O)CC2)CC1)c1ccccc1. The molecule has 2 aromatic rings. The third-order valence-corrected chi connectivity index (χ3v) is 8.87. The van der Waals surface area contributed by atoms with E-state index in [9.17, 15) is 18.3 Å². The first-order chi connectivity index (χ1) is 16.8. The van der Waals surface area contributed by atoms with Gasteiger partial charge in [0.05, 0.1) is 4.90 Å². The summed E-state index contributed by atoms with van der Waals surface area (Å²) in [5, 5.41) is 10.9. The van der Waals surface area contributed by atoms with E-state index in [4.69, 9.17) is 0 Å². The van der Waals surface area contributed by atoms with Gasteiger partial charge in [-0.1, -0.05) is 30.3 Å². The number of amides is 1. The second-order valence-corrected chi connectivity index (χ2v) is 11.3. The number of benzene rings is 2. The van der Waals surface area contributed by atoms with Crippen LogP contribution in [0.1, 0.15) is 30.9 Å². The minimum Gasteiger partial charge on any atom is -0.376 e. The van der Waals surface area contributed by atoms with Crippen LogP contribution in [0.4, 0.5) is 5.69 Å². The van der Waals surface area contributed by atoms with Crippen molar-refractivity contribution in [3.8, 4) is 0 Å². The maximum atomic E-state index is 13.1. The first-order valence-corrected chi connectivity index (χ1v) is 13.6. The molecule has 5 rings (SSSR count). The lowest BCUT2D eigenvalue weighted by Gasteiger charge is -2.44. The summed E-state index contributed by atoms with van der Waals surface area (Å²) in [5.41, 5.74) is 0.856. The van der Waals surface area contributed by atoms with Crippen molar-refractivity contribution in [3.05, 3.63) is 65.9 Å². The van der Waals surface area contributed by atoms with E-state index in [1.165, 1.54) is 6.20 Å². The number of rotatable bonds is 4. The summed E-state index contributed by atoms with van der Waals surface area (Å²) >= 11 is 0. The third kappa shape index (κ3) is 4.68. The van der Waals surface area contributed by atoms with E-state index in [1.807, 2.05) is 30.3 Å². The molecule has 35 heavy (non-hydrogen) atoms. The van der Waals surface area contributed by atoms with Crippen LogP contribution >= 0.6 is 0 Å². The molecule has 2 saturated heterocycles. The molecule has 9 heteroatoms. The van der Waals surface area contributed by atoms with Gasteiger partial charge in [-0.3, -0.25) is 14.4 Å². The summed E-state index contributed by atoms with van der Waals surface area (Å²) in [6.45, 7) is 6.46. The number of hydrogen-bond acceptors (Lipinski definition) is 6. The summed E-state index contributed by atoms with van der Waals surface area (Å²) < 4.78 is 26.7. The summed E-state index contributed by atoms with van der Waals surface area (Å²) in [6, 6.07) is 15.1. The monoisotopic (exact) mass is 496 g/mol. The standard InChI is InChI=1S/C26H32N4O4S/c1-26(32,21-5-3-2-4-6-21)25(31)30-13-10-22(11-14-30)28-15-17-29(18-16-28)23-7-8-24-20(19-23)9-12-27-35(24,33)34/h2-9,12,19,22,27,32H,10-11,13-18H2,1H3/t26-/m1/s1. The smallest absolute Gasteiger partial charge is 0.262 e. The number of fused-ring (bicyclic) bond motifs is 1. The number of aliphatic hydroxyl groups is 1. The Labute approximate surface area is 206 Å². The average Bonchev–Trinajstić information content (AvgIpc) is 2.88. The lowest BCUT2D eigenvalue weighted by Crippen LogP contribution is -2.55. The van der Waals surface area contributed by atoms with Gasteiger partial charge in [-0.05, 0) is 55.2 Å². The highest BCUT2D eigenvalue weighted by atomic mass is 32.2. The molecule has 2 N–H and O–H groups in total. The fourth-order valence-corrected chi connectivity index (χ4v) is 6.42. The largest absolute Gasteiger partial charge is 0.376 e. The van der Waals surface area contributed by atoms with Crippen LogP contribution in [-0.2, 0) is 20.4 Å². The van der Waals surface area contributed by atoms with E-state index in [2.05, 4.69) is 14.5 Å². The Morgan fingerprint density at radius 3 is 2.37 bits per heavy atom. The molecule has 3 aliphatic rings. The van der Waals surface area contributed by atoms with Gasteiger partial charge >= 0.3 is 0 Å². The fraction of sp³-hybridized carbons (Fsp3) is 0.423. The molecule has 0 spiro atoms. The van der Waals surface area contributed by atoms with Gasteiger partial charge < -0.3 is 14.9 Å². The van der Waals surface area contributed by atoms with Crippen LogP contribution < -0.4 is 9.62 Å². The predicted molar refractivity (Wildman–Crippen MR) is 135 cm³/mol. The molecule has 8 nitrogen and oxygen atoms in total. The molecule has 0 unspecified atom stereocenters. The highest BCUT2D eigenvalue weighted by Gasteiger charge is 2.38. The normalized spacial score (nSPS) is 22.2. The van der Waals surface area contributed by atoms with Gasteiger partial charge in [0.25, 0.3) is 15.9 Å². The maximum Gasteiger partial charge on any atom is 0.262 e. The van der Waals surface area contributed by atoms with E-state index in [1.54, 1.807) is 36.1 Å². The van der Waals surface area contributed by atoms with Crippen molar-refractivity contribution >= 4 is 27.7 Å². The van der Waals surface area contributed by atoms with Gasteiger partial charge in [-0.15, -0.1) is 0 Å². The Balaban J connectivity index is 1.16. The average molecular weight is 497 g/mol. The van der Waals surface area contributed by atoms with Crippen LogP contribution in [0.15, 0.2) is 59.6 Å². The summed E-state index contributed by atoms with van der Waals surface area (Å²) in [6.07, 6.45) is 5.05. The Morgan fingerprint density at radius 1 is 1.00 bits per heavy atom. The van der Waals surface area contributed by atoms with E-state index in [-0.39, 0.29) is 5.91 Å². The molecular formula is C26H32N4O4S. The molecule has 0 bridgehead atoms. The van der Waals surface area contributed by atoms with Crippen molar-refractivity contribution in [2.45, 2.75) is 36.3 Å². The number of nitrogens with zero attached hydrogens (tertiary/aromatic N) is 3. The lowest BCUT2D eigenvalue weighted by atomic mass is 9.92. The van der Waals surface area contributed by atoms with Gasteiger partial charge in [-0.2, -0.15) is 0 Å². The van der Waals surface area contributed by atoms with E-state index < -0.39 is 15.6 Å². The highest BCUT2D eigenvalue weighted by molar-refractivity contribution is 7.89. The molecular weight excluding hydrogens is 464 g/mol. The second kappa shape index (κ2) is 9.29. The van der Waals surface area contributed by atoms with E-state index >= 15 is 0 Å². The molecule has 0 saturated carbocycles. The minimum atomic E-state index is -3.46. The summed E-state index contributed by atoms with van der Waals surface area (Å²) in [4.78, 5) is 20.0. The number of carbonyl (C=O) groups is 1. The summed E-state index contributed by atoms with van der Waals surface area (Å²) in [5.74, 6) is -0.231. The Bertz CT molecular complexity index is 1210. The first-order valence-electron chi connectivity index (χ1n) is 12.1. The predicted octanol–water partition coefficient (Wildman–Crippen LogP) is 1.97. The quantitative estimate of drug-likeness (QED) is 0.673. The molecule has 0 aliphatic carbocycles. The molecule has 3 heterocycles. The molecule has 0 radical (unpaired) electrons. The number of hydrogen-bond donors (Lipinski definition) is 2. The van der Waals surface area contributed by atoms with Gasteiger partial charge in [0, 0.05) is 57.2 Å². The Morgan fingerprint density at radius 2 is 1.69 bits per heavy atom. The van der Waals surface area contributed by atoms with Crippen molar-refractivity contribution < 1.29 is 18.3 Å². The second-order valence-electron chi connectivity index (χ2n) is 9.66. The minimum absolute atomic E-state index is 0.231. The molecule has 2 fully saturated rings. The summed E-state index contributed by atoms with van der Waals surface area (Å²) in [7, 11) is -3.46. The first kappa shape index (κ1) is 23.8. The number of piperidine rings is 1. The Kier molecular flexibility index (Phi) is 6.33. The number of likely N-dealkylation sites (tertiary alicyclic amines) is 1. The van der Waals surface area contributed by atoms with E-state index in [0.29, 0.717) is 35.2 Å². The number of nitrogens with one attached hydrogen (secondary N) is 1. The topological polar surface area (TPSA) is 93.2 Å². The molecule has 2 aromatic carbocycles. The van der Waals surface area contributed by atoms with Crippen LogP contribution in [0.2, 0.25) is 0 Å². The van der Waals surface area contributed by atoms with Crippen molar-refractivity contribution in [2.75, 3.05) is 44.2 Å². The zero-order valence-electron chi connectivity index (χ0n) is 19.9. The highest BCUT2D eigenvalue weighted by Crippen LogP contribution is 2.29. The van der Waals surface area contributed by atoms with Gasteiger partial charge in [0.15, 0.2) is 5.60 Å². The van der Waals surface area contributed by atoms with Crippen molar-refractivity contribution in [1.82, 2.24) is 14.5 Å². The molecule has 1 amide bonds. The van der Waals surface area contributed by atoms with Crippen molar-refractivity contribution in [3.63, 3.8) is 0 Å². The van der Waals surface area contributed by atoms with Crippen LogP contribution in [0.3, 0.4) is 0 Å². The number of piperazine rings is 1. The van der Waals surface area contributed by atoms with Gasteiger partial charge in [0.1, 0.15) is 0 Å². The number of sulfonamides is 1. The van der Waals surface area contributed by atoms with E-state index in [0.717, 1.165) is 44.7 Å². The lowest BCUT2D eigenvalue weighted by molar-refractivity contribution is -0.152. The van der Waals surface area contributed by atoms with Crippen LogP contribution in [0.5, 0.6) is 0 Å². The molecule has 1 atom stereocenters. The van der Waals surface area contributed by atoms with Crippen LogP contribution in [-0.4, -0.2) is 74.5 Å². The molecule has 0 aromatic heterocycles. The van der Waals surface area contributed by atoms with Crippen LogP contribution in [0.25, 0.3) is 6.08 Å². The van der Waals surface area contributed by atoms with Gasteiger partial charge in [-0.25, -0.2) is 8.42 Å². The number of carbonyl (C=O) groups excluding carboxylic acids is 1. The molecule has 3 aliphatic heterocycles. The Hall–Kier alpha value is -2.88. The fourth-order valence-electron chi connectivity index (χ4n) is 5.36. The maximum absolute atomic E-state index is 13.1.